The predicted octanol–water partition coefficient (Wildman–Crippen LogP) is 1.65. The van der Waals surface area contributed by atoms with Crippen LogP contribution in [0.15, 0.2) is 6.20 Å². The van der Waals surface area contributed by atoms with Crippen molar-refractivity contribution >= 4 is 5.97 Å². The van der Waals surface area contributed by atoms with Crippen molar-refractivity contribution in [1.82, 2.24) is 15.1 Å². The van der Waals surface area contributed by atoms with Crippen LogP contribution in [0.5, 0.6) is 5.75 Å². The van der Waals surface area contributed by atoms with Gasteiger partial charge < -0.3 is 15.2 Å². The van der Waals surface area contributed by atoms with E-state index in [1.54, 1.807) is 10.9 Å². The van der Waals surface area contributed by atoms with Crippen LogP contribution in [0, 0.1) is 0 Å². The maximum Gasteiger partial charge on any atom is 0.358 e. The van der Waals surface area contributed by atoms with Gasteiger partial charge in [-0.05, 0) is 45.1 Å². The number of hydrogen-bond acceptors (Lipinski definition) is 4. The summed E-state index contributed by atoms with van der Waals surface area (Å²) in [4.78, 5) is 11.5. The highest BCUT2D eigenvalue weighted by atomic mass is 16.5. The fourth-order valence-electron chi connectivity index (χ4n) is 3.12. The Hall–Kier alpha value is -1.56. The van der Waals surface area contributed by atoms with Crippen molar-refractivity contribution in [1.29, 1.82) is 0 Å². The van der Waals surface area contributed by atoms with Gasteiger partial charge in [-0.1, -0.05) is 0 Å². The third-order valence-corrected chi connectivity index (χ3v) is 4.16. The molecule has 6 nitrogen and oxygen atoms in total. The van der Waals surface area contributed by atoms with Crippen molar-refractivity contribution in [3.8, 4) is 5.75 Å². The molecule has 2 N–H and O–H groups in total. The number of carbonyl (C=O) groups is 1. The highest BCUT2D eigenvalue weighted by molar-refractivity contribution is 5.88. The van der Waals surface area contributed by atoms with E-state index in [2.05, 4.69) is 10.4 Å². The average molecular weight is 279 g/mol. The Balaban J connectivity index is 1.75. The van der Waals surface area contributed by atoms with Gasteiger partial charge in [0.2, 0.25) is 0 Å². The lowest BCUT2D eigenvalue weighted by Gasteiger charge is -2.14. The first-order chi connectivity index (χ1) is 9.74. The quantitative estimate of drug-likeness (QED) is 0.857. The van der Waals surface area contributed by atoms with Gasteiger partial charge in [-0.3, -0.25) is 4.68 Å². The molecule has 1 aromatic heterocycles. The molecule has 1 unspecified atom stereocenters. The lowest BCUT2D eigenvalue weighted by molar-refractivity contribution is 0.0674. The van der Waals surface area contributed by atoms with Gasteiger partial charge in [0.25, 0.3) is 0 Å². The maximum absolute atomic E-state index is 11.5. The number of hydrogen-bond donors (Lipinski definition) is 2. The number of nitrogens with one attached hydrogen (secondary N) is 1. The second kappa shape index (κ2) is 5.83. The van der Waals surface area contributed by atoms with E-state index in [9.17, 15) is 9.90 Å². The zero-order valence-corrected chi connectivity index (χ0v) is 11.5. The number of nitrogens with zero attached hydrogens (tertiary/aromatic N) is 2. The van der Waals surface area contributed by atoms with Crippen LogP contribution in [0.1, 0.15) is 49.0 Å². The fourth-order valence-corrected chi connectivity index (χ4v) is 3.12. The van der Waals surface area contributed by atoms with Crippen LogP contribution in [0.3, 0.4) is 0 Å². The van der Waals surface area contributed by atoms with Gasteiger partial charge in [0, 0.05) is 6.04 Å². The number of carboxylic acids is 1. The average Bonchev–Trinajstić information content (AvgIpc) is 3.12. The summed E-state index contributed by atoms with van der Waals surface area (Å²) in [5.74, 6) is -0.545. The summed E-state index contributed by atoms with van der Waals surface area (Å²) in [7, 11) is 0. The molecule has 110 valence electrons. The first-order valence-corrected chi connectivity index (χ1v) is 7.43. The lowest BCUT2D eigenvalue weighted by Crippen LogP contribution is -2.28. The van der Waals surface area contributed by atoms with Gasteiger partial charge in [0.1, 0.15) is 0 Å². The number of aromatic carboxylic acids is 1. The van der Waals surface area contributed by atoms with Crippen molar-refractivity contribution in [3.63, 3.8) is 0 Å². The van der Waals surface area contributed by atoms with E-state index in [0.717, 1.165) is 45.1 Å². The van der Waals surface area contributed by atoms with Gasteiger partial charge in [-0.2, -0.15) is 5.10 Å². The zero-order chi connectivity index (χ0) is 13.9. The maximum atomic E-state index is 11.5. The highest BCUT2D eigenvalue weighted by Gasteiger charge is 2.25. The standard InChI is InChI=1S/C14H21N3O3/c18-14(19)13-12(20-11-5-1-2-6-11)8-16-17(13)9-10-4-3-7-15-10/h8,10-11,15H,1-7,9H2,(H,18,19). The molecule has 1 saturated heterocycles. The van der Waals surface area contributed by atoms with Crippen LogP contribution in [-0.4, -0.2) is 39.5 Å². The van der Waals surface area contributed by atoms with E-state index >= 15 is 0 Å². The Morgan fingerprint density at radius 3 is 2.85 bits per heavy atom. The third kappa shape index (κ3) is 2.80. The Labute approximate surface area is 118 Å². The fraction of sp³-hybridized carbons (Fsp3) is 0.714. The second-order valence-corrected chi connectivity index (χ2v) is 5.66. The van der Waals surface area contributed by atoms with Crippen molar-refractivity contribution in [2.24, 2.45) is 0 Å². The van der Waals surface area contributed by atoms with Crippen LogP contribution >= 0.6 is 0 Å². The SMILES string of the molecule is O=C(O)c1c(OC2CCCC2)cnn1CC1CCCN1. The van der Waals surface area contributed by atoms with Crippen LogP contribution in [0.4, 0.5) is 0 Å². The molecule has 3 rings (SSSR count). The summed E-state index contributed by atoms with van der Waals surface area (Å²) in [5.41, 5.74) is 0.186. The number of ether oxygens (including phenoxy) is 1. The van der Waals surface area contributed by atoms with E-state index < -0.39 is 5.97 Å². The van der Waals surface area contributed by atoms with Gasteiger partial charge in [0.05, 0.1) is 18.8 Å². The summed E-state index contributed by atoms with van der Waals surface area (Å²) in [5, 5.41) is 17.0. The molecular weight excluding hydrogens is 258 g/mol. The summed E-state index contributed by atoms with van der Waals surface area (Å²) >= 11 is 0. The molecule has 1 aliphatic carbocycles. The van der Waals surface area contributed by atoms with Gasteiger partial charge in [-0.25, -0.2) is 4.79 Å². The highest BCUT2D eigenvalue weighted by Crippen LogP contribution is 2.27. The Morgan fingerprint density at radius 1 is 1.40 bits per heavy atom. The number of aromatic nitrogens is 2. The Kier molecular flexibility index (Phi) is 3.91. The second-order valence-electron chi connectivity index (χ2n) is 5.66. The molecule has 0 radical (unpaired) electrons. The van der Waals surface area contributed by atoms with Crippen LogP contribution in [-0.2, 0) is 6.54 Å². The summed E-state index contributed by atoms with van der Waals surface area (Å²) in [6, 6.07) is 0.312. The number of carboxylic acid groups (broad SMARTS) is 1. The van der Waals surface area contributed by atoms with E-state index in [-0.39, 0.29) is 11.8 Å². The Bertz CT molecular complexity index is 439. The predicted molar refractivity (Wildman–Crippen MR) is 73.1 cm³/mol. The summed E-state index contributed by atoms with van der Waals surface area (Å²) in [6.45, 7) is 1.59. The molecule has 2 aliphatic rings. The largest absolute Gasteiger partial charge is 0.486 e. The van der Waals surface area contributed by atoms with Crippen LogP contribution in [0.25, 0.3) is 0 Å². The molecule has 0 amide bonds. The first-order valence-electron chi connectivity index (χ1n) is 7.43. The zero-order valence-electron chi connectivity index (χ0n) is 11.5. The molecule has 1 aliphatic heterocycles. The van der Waals surface area contributed by atoms with E-state index in [1.807, 2.05) is 0 Å². The number of rotatable bonds is 5. The minimum Gasteiger partial charge on any atom is -0.486 e. The van der Waals surface area contributed by atoms with Crippen LogP contribution in [0.2, 0.25) is 0 Å². The monoisotopic (exact) mass is 279 g/mol. The van der Waals surface area contributed by atoms with E-state index in [0.29, 0.717) is 18.3 Å². The molecule has 1 aromatic rings. The molecule has 2 fully saturated rings. The Morgan fingerprint density at radius 2 is 2.20 bits per heavy atom. The van der Waals surface area contributed by atoms with E-state index in [1.165, 1.54) is 0 Å². The minimum absolute atomic E-state index is 0.148. The van der Waals surface area contributed by atoms with Crippen molar-refractivity contribution in [2.75, 3.05) is 6.54 Å². The van der Waals surface area contributed by atoms with E-state index in [4.69, 9.17) is 4.74 Å². The molecule has 0 bridgehead atoms. The van der Waals surface area contributed by atoms with Gasteiger partial charge in [0.15, 0.2) is 11.4 Å². The van der Waals surface area contributed by atoms with Crippen molar-refractivity contribution < 1.29 is 14.6 Å². The molecule has 1 saturated carbocycles. The van der Waals surface area contributed by atoms with Crippen molar-refractivity contribution in [2.45, 2.75) is 57.2 Å². The van der Waals surface area contributed by atoms with Gasteiger partial charge in [-0.15, -0.1) is 0 Å². The summed E-state index contributed by atoms with van der Waals surface area (Å²) < 4.78 is 7.39. The molecule has 1 atom stereocenters. The molecule has 20 heavy (non-hydrogen) atoms. The third-order valence-electron chi connectivity index (χ3n) is 4.16. The first kappa shape index (κ1) is 13.4. The smallest absolute Gasteiger partial charge is 0.358 e. The summed E-state index contributed by atoms with van der Waals surface area (Å²) in [6.07, 6.45) is 8.24. The van der Waals surface area contributed by atoms with Crippen molar-refractivity contribution in [3.05, 3.63) is 11.9 Å². The molecule has 6 heteroatoms. The normalized spacial score (nSPS) is 23.3. The molecule has 0 spiro atoms. The molecular formula is C14H21N3O3. The van der Waals surface area contributed by atoms with Gasteiger partial charge >= 0.3 is 5.97 Å². The lowest BCUT2D eigenvalue weighted by atomic mass is 10.2. The molecule has 2 heterocycles. The van der Waals surface area contributed by atoms with Crippen LogP contribution < -0.4 is 10.1 Å². The molecule has 0 aromatic carbocycles. The topological polar surface area (TPSA) is 76.4 Å². The minimum atomic E-state index is -0.964.